The molecule has 1 aromatic carbocycles. The lowest BCUT2D eigenvalue weighted by molar-refractivity contribution is -0.151. The first-order valence-corrected chi connectivity index (χ1v) is 8.48. The number of nitrogens with one attached hydrogen (secondary N) is 1. The van der Waals surface area contributed by atoms with Gasteiger partial charge in [-0.05, 0) is 31.9 Å². The number of carbonyl (C=O) groups is 3. The highest BCUT2D eigenvalue weighted by molar-refractivity contribution is 6.31. The van der Waals surface area contributed by atoms with Crippen LogP contribution in [0.1, 0.15) is 25.3 Å². The summed E-state index contributed by atoms with van der Waals surface area (Å²) >= 11 is 5.90. The Morgan fingerprint density at radius 3 is 2.42 bits per heavy atom. The van der Waals surface area contributed by atoms with Crippen LogP contribution in [0.25, 0.3) is 0 Å². The molecule has 2 rings (SSSR count). The molecule has 7 nitrogen and oxygen atoms in total. The van der Waals surface area contributed by atoms with Crippen LogP contribution in [0.3, 0.4) is 0 Å². The van der Waals surface area contributed by atoms with E-state index in [1.165, 1.54) is 25.1 Å². The van der Waals surface area contributed by atoms with E-state index >= 15 is 0 Å². The normalized spacial score (nSPS) is 18.1. The molecule has 0 saturated carbocycles. The number of benzene rings is 1. The van der Waals surface area contributed by atoms with Crippen molar-refractivity contribution < 1.29 is 29.0 Å². The van der Waals surface area contributed by atoms with Crippen molar-refractivity contribution in [2.75, 3.05) is 13.1 Å². The van der Waals surface area contributed by atoms with Crippen LogP contribution in [-0.4, -0.2) is 57.6 Å². The van der Waals surface area contributed by atoms with E-state index in [9.17, 15) is 23.9 Å². The molecule has 1 saturated heterocycles. The molecule has 1 heterocycles. The zero-order valence-corrected chi connectivity index (χ0v) is 14.9. The van der Waals surface area contributed by atoms with Crippen molar-refractivity contribution in [2.45, 2.75) is 37.8 Å². The molecule has 9 heteroatoms. The van der Waals surface area contributed by atoms with Gasteiger partial charge in [0.25, 0.3) is 0 Å². The summed E-state index contributed by atoms with van der Waals surface area (Å²) in [5.41, 5.74) is -1.51. The van der Waals surface area contributed by atoms with Crippen molar-refractivity contribution in [3.8, 4) is 0 Å². The molecular weight excluding hydrogens is 367 g/mol. The second kappa shape index (κ2) is 8.01. The maximum atomic E-state index is 13.8. The first-order chi connectivity index (χ1) is 12.2. The molecule has 0 spiro atoms. The monoisotopic (exact) mass is 386 g/mol. The topological polar surface area (TPSA) is 107 Å². The molecule has 1 unspecified atom stereocenters. The number of likely N-dealkylation sites (tertiary alicyclic amines) is 1. The summed E-state index contributed by atoms with van der Waals surface area (Å²) in [7, 11) is 0. The summed E-state index contributed by atoms with van der Waals surface area (Å²) in [6, 6.07) is 3.30. The maximum absolute atomic E-state index is 13.8. The van der Waals surface area contributed by atoms with Crippen molar-refractivity contribution in [3.05, 3.63) is 34.6 Å². The van der Waals surface area contributed by atoms with Gasteiger partial charge in [0.15, 0.2) is 0 Å². The molecule has 0 bridgehead atoms. The molecule has 1 fully saturated rings. The predicted molar refractivity (Wildman–Crippen MR) is 91.5 cm³/mol. The van der Waals surface area contributed by atoms with Crippen molar-refractivity contribution in [3.63, 3.8) is 0 Å². The number of halogens is 2. The molecule has 1 aliphatic rings. The minimum Gasteiger partial charge on any atom is -0.480 e. The van der Waals surface area contributed by atoms with Crippen LogP contribution >= 0.6 is 11.6 Å². The fraction of sp³-hybridized carbons (Fsp3) is 0.471. The third-order valence-corrected chi connectivity index (χ3v) is 5.10. The zero-order valence-electron chi connectivity index (χ0n) is 14.2. The van der Waals surface area contributed by atoms with Crippen molar-refractivity contribution in [1.82, 2.24) is 10.2 Å². The molecule has 0 aromatic heterocycles. The number of carboxylic acids is 2. The van der Waals surface area contributed by atoms with Crippen molar-refractivity contribution in [2.24, 2.45) is 0 Å². The second-order valence-corrected chi connectivity index (χ2v) is 6.77. The largest absolute Gasteiger partial charge is 0.480 e. The molecule has 1 atom stereocenters. The standard InChI is InChI=1S/C17H20ClFN2O5/c1-10(15(23)24)21-7-5-17(6-8-21,16(25)26)20-14(22)9-11-12(18)3-2-4-13(11)19/h2-4,10H,5-9H2,1H3,(H,20,22)(H,23,24)(H,25,26). The first kappa shape index (κ1) is 20.1. The van der Waals surface area contributed by atoms with E-state index in [1.807, 2.05) is 0 Å². The van der Waals surface area contributed by atoms with E-state index in [4.69, 9.17) is 16.7 Å². The molecule has 0 radical (unpaired) electrons. The highest BCUT2D eigenvalue weighted by Crippen LogP contribution is 2.25. The van der Waals surface area contributed by atoms with Gasteiger partial charge in [0.2, 0.25) is 5.91 Å². The Hall–Kier alpha value is -2.19. The van der Waals surface area contributed by atoms with Gasteiger partial charge < -0.3 is 15.5 Å². The Balaban J connectivity index is 2.08. The van der Waals surface area contributed by atoms with E-state index in [0.29, 0.717) is 0 Å². The van der Waals surface area contributed by atoms with Crippen LogP contribution in [-0.2, 0) is 20.8 Å². The fourth-order valence-electron chi connectivity index (χ4n) is 3.01. The Kier molecular flexibility index (Phi) is 6.20. The van der Waals surface area contributed by atoms with Crippen LogP contribution in [0.15, 0.2) is 18.2 Å². The van der Waals surface area contributed by atoms with Gasteiger partial charge in [0.1, 0.15) is 17.4 Å². The highest BCUT2D eigenvalue weighted by Gasteiger charge is 2.44. The Labute approximate surface area is 154 Å². The van der Waals surface area contributed by atoms with Crippen LogP contribution in [0.4, 0.5) is 4.39 Å². The van der Waals surface area contributed by atoms with Gasteiger partial charge in [-0.1, -0.05) is 17.7 Å². The van der Waals surface area contributed by atoms with Gasteiger partial charge in [-0.25, -0.2) is 9.18 Å². The number of carboxylic acid groups (broad SMARTS) is 2. The Morgan fingerprint density at radius 1 is 1.31 bits per heavy atom. The number of hydrogen-bond acceptors (Lipinski definition) is 4. The lowest BCUT2D eigenvalue weighted by atomic mass is 9.86. The fourth-order valence-corrected chi connectivity index (χ4v) is 3.24. The van der Waals surface area contributed by atoms with E-state index < -0.39 is 35.2 Å². The highest BCUT2D eigenvalue weighted by atomic mass is 35.5. The SMILES string of the molecule is CC(C(=O)O)N1CCC(NC(=O)Cc2c(F)cccc2Cl)(C(=O)O)CC1. The van der Waals surface area contributed by atoms with Gasteiger partial charge in [-0.15, -0.1) is 0 Å². The van der Waals surface area contributed by atoms with Crippen LogP contribution < -0.4 is 5.32 Å². The van der Waals surface area contributed by atoms with Crippen LogP contribution in [0.5, 0.6) is 0 Å². The quantitative estimate of drug-likeness (QED) is 0.684. The van der Waals surface area contributed by atoms with Crippen molar-refractivity contribution in [1.29, 1.82) is 0 Å². The average molecular weight is 387 g/mol. The summed E-state index contributed by atoms with van der Waals surface area (Å²) in [6.45, 7) is 1.94. The van der Waals surface area contributed by atoms with Gasteiger partial charge in [0, 0.05) is 23.7 Å². The lowest BCUT2D eigenvalue weighted by Gasteiger charge is -2.40. The molecular formula is C17H20ClFN2O5. The van der Waals surface area contributed by atoms with Gasteiger partial charge in [0.05, 0.1) is 6.42 Å². The molecule has 1 aliphatic heterocycles. The Bertz CT molecular complexity index is 699. The number of carbonyl (C=O) groups excluding carboxylic acids is 1. The van der Waals surface area contributed by atoms with Crippen molar-refractivity contribution >= 4 is 29.4 Å². The number of amides is 1. The lowest BCUT2D eigenvalue weighted by Crippen LogP contribution is -2.61. The molecule has 142 valence electrons. The Morgan fingerprint density at radius 2 is 1.92 bits per heavy atom. The smallest absolute Gasteiger partial charge is 0.329 e. The van der Waals surface area contributed by atoms with Crippen LogP contribution in [0.2, 0.25) is 5.02 Å². The van der Waals surface area contributed by atoms with Gasteiger partial charge in [-0.3, -0.25) is 14.5 Å². The summed E-state index contributed by atoms with van der Waals surface area (Å²) in [5, 5.41) is 21.2. The minimum absolute atomic E-state index is 0.00383. The zero-order chi connectivity index (χ0) is 19.5. The summed E-state index contributed by atoms with van der Waals surface area (Å²) in [4.78, 5) is 36.8. The van der Waals surface area contributed by atoms with E-state index in [-0.39, 0.29) is 42.9 Å². The number of hydrogen-bond donors (Lipinski definition) is 3. The number of nitrogens with zero attached hydrogens (tertiary/aromatic N) is 1. The second-order valence-electron chi connectivity index (χ2n) is 6.36. The summed E-state index contributed by atoms with van der Waals surface area (Å²) in [6.07, 6.45) is -0.275. The third-order valence-electron chi connectivity index (χ3n) is 4.74. The molecule has 26 heavy (non-hydrogen) atoms. The van der Waals surface area contributed by atoms with E-state index in [0.717, 1.165) is 0 Å². The molecule has 0 aliphatic carbocycles. The first-order valence-electron chi connectivity index (χ1n) is 8.10. The van der Waals surface area contributed by atoms with E-state index in [1.54, 1.807) is 4.90 Å². The number of rotatable bonds is 6. The maximum Gasteiger partial charge on any atom is 0.329 e. The molecule has 1 amide bonds. The molecule has 3 N–H and O–H groups in total. The van der Waals surface area contributed by atoms with Gasteiger partial charge >= 0.3 is 11.9 Å². The summed E-state index contributed by atoms with van der Waals surface area (Å²) < 4.78 is 13.8. The average Bonchev–Trinajstić information content (AvgIpc) is 2.58. The molecule has 1 aromatic rings. The summed E-state index contributed by atoms with van der Waals surface area (Å²) in [5.74, 6) is -3.49. The predicted octanol–water partition coefficient (Wildman–Crippen LogP) is 1.53. The number of piperidine rings is 1. The minimum atomic E-state index is -1.51. The number of aliphatic carboxylic acids is 2. The van der Waals surface area contributed by atoms with E-state index in [2.05, 4.69) is 5.32 Å². The third kappa shape index (κ3) is 4.31. The van der Waals surface area contributed by atoms with Gasteiger partial charge in [-0.2, -0.15) is 0 Å². The van der Waals surface area contributed by atoms with Crippen LogP contribution in [0, 0.1) is 5.82 Å².